The maximum atomic E-state index is 12.6. The third-order valence-electron chi connectivity index (χ3n) is 4.34. The molecule has 6 nitrogen and oxygen atoms in total. The van der Waals surface area contributed by atoms with Crippen molar-refractivity contribution in [2.45, 2.75) is 0 Å². The van der Waals surface area contributed by atoms with Crippen LogP contribution in [-0.2, 0) is 0 Å². The minimum absolute atomic E-state index is 0.0216. The largest absolute Gasteiger partial charge is 0.298 e. The Labute approximate surface area is 184 Å². The number of halogens is 1. The van der Waals surface area contributed by atoms with E-state index in [0.717, 1.165) is 20.5 Å². The van der Waals surface area contributed by atoms with Gasteiger partial charge in [-0.2, -0.15) is 0 Å². The smallest absolute Gasteiger partial charge is 0.269 e. The number of anilines is 1. The lowest BCUT2D eigenvalue weighted by Crippen LogP contribution is -2.11. The third kappa shape index (κ3) is 4.29. The van der Waals surface area contributed by atoms with Gasteiger partial charge in [0, 0.05) is 27.7 Å². The van der Waals surface area contributed by atoms with Gasteiger partial charge >= 0.3 is 0 Å². The van der Waals surface area contributed by atoms with Gasteiger partial charge in [-0.3, -0.25) is 20.2 Å². The van der Waals surface area contributed by atoms with Gasteiger partial charge in [0.15, 0.2) is 5.13 Å². The molecule has 0 spiro atoms. The van der Waals surface area contributed by atoms with Crippen LogP contribution in [0.4, 0.5) is 10.8 Å². The fraction of sp³-hybridized carbons (Fsp3) is 0. The molecule has 0 fully saturated rings. The monoisotopic (exact) mass is 479 g/mol. The van der Waals surface area contributed by atoms with E-state index in [1.54, 1.807) is 36.4 Å². The van der Waals surface area contributed by atoms with Crippen LogP contribution in [-0.4, -0.2) is 15.8 Å². The highest BCUT2D eigenvalue weighted by Crippen LogP contribution is 2.39. The SMILES string of the molecule is O=C(Nc1nc(-c2ccccc2)c(-c2ccc([N+](=O)[O-])cc2)s1)c1ccc(Br)cc1. The maximum Gasteiger partial charge on any atom is 0.269 e. The lowest BCUT2D eigenvalue weighted by atomic mass is 10.1. The number of nitro groups is 1. The number of non-ortho nitro benzene ring substituents is 1. The molecular weight excluding hydrogens is 466 g/mol. The van der Waals surface area contributed by atoms with Crippen molar-refractivity contribution < 1.29 is 9.72 Å². The number of nitrogens with zero attached hydrogens (tertiary/aromatic N) is 2. The third-order valence-corrected chi connectivity index (χ3v) is 5.89. The van der Waals surface area contributed by atoms with Crippen LogP contribution in [0.1, 0.15) is 10.4 Å². The summed E-state index contributed by atoms with van der Waals surface area (Å²) in [5.41, 5.74) is 2.94. The van der Waals surface area contributed by atoms with Crippen LogP contribution < -0.4 is 5.32 Å². The molecule has 148 valence electrons. The minimum Gasteiger partial charge on any atom is -0.298 e. The highest BCUT2D eigenvalue weighted by Gasteiger charge is 2.18. The van der Waals surface area contributed by atoms with E-state index in [9.17, 15) is 14.9 Å². The van der Waals surface area contributed by atoms with E-state index in [1.807, 2.05) is 30.3 Å². The summed E-state index contributed by atoms with van der Waals surface area (Å²) in [6.07, 6.45) is 0. The van der Waals surface area contributed by atoms with Crippen LogP contribution in [0.3, 0.4) is 0 Å². The maximum absolute atomic E-state index is 12.6. The fourth-order valence-corrected chi connectivity index (χ4v) is 4.12. The number of aromatic nitrogens is 1. The molecule has 1 amide bonds. The molecule has 8 heteroatoms. The molecule has 4 aromatic rings. The molecule has 0 aliphatic carbocycles. The second-order valence-corrected chi connectivity index (χ2v) is 8.24. The minimum atomic E-state index is -0.432. The van der Waals surface area contributed by atoms with Gasteiger partial charge in [-0.15, -0.1) is 0 Å². The zero-order valence-corrected chi connectivity index (χ0v) is 17.8. The Bertz CT molecular complexity index is 1210. The summed E-state index contributed by atoms with van der Waals surface area (Å²) in [4.78, 5) is 28.6. The predicted octanol–water partition coefficient (Wildman–Crippen LogP) is 6.40. The number of hydrogen-bond donors (Lipinski definition) is 1. The van der Waals surface area contributed by atoms with Crippen LogP contribution in [0.15, 0.2) is 83.3 Å². The Hall–Kier alpha value is -3.36. The fourth-order valence-electron chi connectivity index (χ4n) is 2.87. The molecule has 4 rings (SSSR count). The van der Waals surface area contributed by atoms with Crippen LogP contribution in [0.25, 0.3) is 21.7 Å². The molecule has 0 atom stereocenters. The Balaban J connectivity index is 1.71. The Morgan fingerprint density at radius 1 is 0.933 bits per heavy atom. The highest BCUT2D eigenvalue weighted by molar-refractivity contribution is 9.10. The van der Waals surface area contributed by atoms with E-state index in [2.05, 4.69) is 26.2 Å². The lowest BCUT2D eigenvalue weighted by molar-refractivity contribution is -0.384. The summed E-state index contributed by atoms with van der Waals surface area (Å²) >= 11 is 4.68. The van der Waals surface area contributed by atoms with Crippen molar-refractivity contribution >= 4 is 44.0 Å². The second-order valence-electron chi connectivity index (χ2n) is 6.33. The number of carbonyl (C=O) groups excluding carboxylic acids is 1. The van der Waals surface area contributed by atoms with Gasteiger partial charge in [0.2, 0.25) is 0 Å². The first kappa shape index (κ1) is 19.9. The Morgan fingerprint density at radius 2 is 1.60 bits per heavy atom. The molecule has 0 aliphatic heterocycles. The molecule has 1 N–H and O–H groups in total. The number of thiazole rings is 1. The predicted molar refractivity (Wildman–Crippen MR) is 122 cm³/mol. The number of nitro benzene ring substituents is 1. The topological polar surface area (TPSA) is 85.1 Å². The molecule has 3 aromatic carbocycles. The first-order chi connectivity index (χ1) is 14.5. The normalized spacial score (nSPS) is 10.6. The van der Waals surface area contributed by atoms with Crippen molar-refractivity contribution in [3.63, 3.8) is 0 Å². The molecule has 30 heavy (non-hydrogen) atoms. The van der Waals surface area contributed by atoms with Crippen LogP contribution in [0.2, 0.25) is 0 Å². The van der Waals surface area contributed by atoms with E-state index in [0.29, 0.717) is 16.4 Å². The van der Waals surface area contributed by atoms with Gasteiger partial charge in [0.05, 0.1) is 15.5 Å². The number of hydrogen-bond acceptors (Lipinski definition) is 5. The molecule has 0 saturated carbocycles. The molecule has 0 unspecified atom stereocenters. The molecule has 0 bridgehead atoms. The number of rotatable bonds is 5. The number of nitrogens with one attached hydrogen (secondary N) is 1. The molecule has 1 heterocycles. The summed E-state index contributed by atoms with van der Waals surface area (Å²) in [6, 6.07) is 23.0. The first-order valence-corrected chi connectivity index (χ1v) is 10.5. The van der Waals surface area contributed by atoms with E-state index < -0.39 is 4.92 Å². The molecule has 0 saturated heterocycles. The average Bonchev–Trinajstić information content (AvgIpc) is 3.18. The summed E-state index contributed by atoms with van der Waals surface area (Å²) in [5, 5.41) is 14.3. The van der Waals surface area contributed by atoms with Gasteiger partial charge in [0.1, 0.15) is 0 Å². The molecular formula is C22H14BrN3O3S. The second kappa shape index (κ2) is 8.56. The van der Waals surface area contributed by atoms with E-state index in [-0.39, 0.29) is 11.6 Å². The van der Waals surface area contributed by atoms with Crippen LogP contribution in [0.5, 0.6) is 0 Å². The van der Waals surface area contributed by atoms with Gasteiger partial charge in [-0.1, -0.05) is 57.6 Å². The quantitative estimate of drug-likeness (QED) is 0.265. The first-order valence-electron chi connectivity index (χ1n) is 8.89. The van der Waals surface area contributed by atoms with Crippen molar-refractivity contribution in [3.05, 3.63) is 99.0 Å². The van der Waals surface area contributed by atoms with Crippen LogP contribution in [0, 0.1) is 10.1 Å². The van der Waals surface area contributed by atoms with E-state index in [1.165, 1.54) is 23.5 Å². The summed E-state index contributed by atoms with van der Waals surface area (Å²) in [5.74, 6) is -0.258. The van der Waals surface area contributed by atoms with Crippen molar-refractivity contribution in [3.8, 4) is 21.7 Å². The molecule has 0 radical (unpaired) electrons. The summed E-state index contributed by atoms with van der Waals surface area (Å²) < 4.78 is 0.889. The van der Waals surface area contributed by atoms with E-state index >= 15 is 0 Å². The number of amides is 1. The standard InChI is InChI=1S/C22H14BrN3O3S/c23-17-10-6-16(7-11-17)21(27)25-22-24-19(14-4-2-1-3-5-14)20(30-22)15-8-12-18(13-9-15)26(28)29/h1-13H,(H,24,25,27). The zero-order chi connectivity index (χ0) is 21.1. The summed E-state index contributed by atoms with van der Waals surface area (Å²) in [6.45, 7) is 0. The highest BCUT2D eigenvalue weighted by atomic mass is 79.9. The number of carbonyl (C=O) groups is 1. The van der Waals surface area contributed by atoms with Gasteiger partial charge in [-0.25, -0.2) is 4.98 Å². The Morgan fingerprint density at radius 3 is 2.23 bits per heavy atom. The van der Waals surface area contributed by atoms with Gasteiger partial charge < -0.3 is 0 Å². The Kier molecular flexibility index (Phi) is 5.69. The van der Waals surface area contributed by atoms with Gasteiger partial charge in [0.25, 0.3) is 11.6 Å². The number of benzene rings is 3. The van der Waals surface area contributed by atoms with Crippen molar-refractivity contribution in [1.29, 1.82) is 0 Å². The summed E-state index contributed by atoms with van der Waals surface area (Å²) in [7, 11) is 0. The molecule has 1 aromatic heterocycles. The molecule has 0 aliphatic rings. The zero-order valence-electron chi connectivity index (χ0n) is 15.4. The van der Waals surface area contributed by atoms with Gasteiger partial charge in [-0.05, 0) is 42.0 Å². The average molecular weight is 480 g/mol. The lowest BCUT2D eigenvalue weighted by Gasteiger charge is -2.02. The van der Waals surface area contributed by atoms with E-state index in [4.69, 9.17) is 0 Å². The van der Waals surface area contributed by atoms with Crippen molar-refractivity contribution in [2.24, 2.45) is 0 Å². The van der Waals surface area contributed by atoms with Crippen molar-refractivity contribution in [2.75, 3.05) is 5.32 Å². The van der Waals surface area contributed by atoms with Crippen molar-refractivity contribution in [1.82, 2.24) is 4.98 Å². The van der Waals surface area contributed by atoms with Crippen LogP contribution >= 0.6 is 27.3 Å².